The Morgan fingerprint density at radius 3 is 1.50 bits per heavy atom. The molecule has 0 spiro atoms. The van der Waals surface area contributed by atoms with Crippen LogP contribution < -0.4 is 5.32 Å². The number of carbonyl (C=O) groups excluding carboxylic acids is 1. The molecule has 0 aromatic heterocycles. The van der Waals surface area contributed by atoms with Crippen LogP contribution >= 0.6 is 12.4 Å². The Balaban J connectivity index is 0.00000208. The lowest BCUT2D eigenvalue weighted by molar-refractivity contribution is -0.112. The Morgan fingerprint density at radius 2 is 1.12 bits per heavy atom. The molecule has 0 unspecified atom stereocenters. The van der Waals surface area contributed by atoms with Crippen LogP contribution in [0.3, 0.4) is 0 Å². The van der Waals surface area contributed by atoms with Crippen LogP contribution in [0.5, 0.6) is 0 Å². The van der Waals surface area contributed by atoms with Gasteiger partial charge in [0.1, 0.15) is 0 Å². The fourth-order valence-electron chi connectivity index (χ4n) is 2.66. The molecule has 2 aromatic carbocycles. The molecule has 2 nitrogen and oxygen atoms in total. The van der Waals surface area contributed by atoms with Crippen LogP contribution in [-0.4, -0.2) is 18.9 Å². The van der Waals surface area contributed by atoms with E-state index >= 15 is 0 Å². The first kappa shape index (κ1) is 18.2. The number of halogens is 1. The van der Waals surface area contributed by atoms with Crippen LogP contribution in [0.25, 0.3) is 12.2 Å². The van der Waals surface area contributed by atoms with E-state index in [-0.39, 0.29) is 18.2 Å². The van der Waals surface area contributed by atoms with Crippen LogP contribution in [0.2, 0.25) is 0 Å². The molecule has 3 rings (SSSR count). The number of Topliss-reactive ketones (excluding diaryl/α,β-unsaturated/α-hetero) is 1. The maximum absolute atomic E-state index is 12.7. The number of ketones is 1. The molecular formula is C21H22ClNO. The monoisotopic (exact) mass is 339 g/mol. The number of piperidine rings is 1. The average Bonchev–Trinajstić information content (AvgIpc) is 2.55. The van der Waals surface area contributed by atoms with Gasteiger partial charge in [0, 0.05) is 24.2 Å². The Hall–Kier alpha value is -2.16. The molecule has 1 aliphatic heterocycles. The summed E-state index contributed by atoms with van der Waals surface area (Å²) in [6.45, 7) is 5.37. The van der Waals surface area contributed by atoms with E-state index in [0.29, 0.717) is 13.1 Å². The minimum absolute atomic E-state index is 0. The van der Waals surface area contributed by atoms with Gasteiger partial charge in [-0.1, -0.05) is 59.7 Å². The molecule has 1 aliphatic rings. The Kier molecular flexibility index (Phi) is 6.13. The van der Waals surface area contributed by atoms with E-state index in [2.05, 4.69) is 43.4 Å². The lowest BCUT2D eigenvalue weighted by atomic mass is 9.95. The molecule has 0 atom stereocenters. The van der Waals surface area contributed by atoms with Crippen LogP contribution in [0.15, 0.2) is 59.7 Å². The summed E-state index contributed by atoms with van der Waals surface area (Å²) in [5, 5.41) is 3.32. The fourth-order valence-corrected chi connectivity index (χ4v) is 2.66. The van der Waals surface area contributed by atoms with Crippen molar-refractivity contribution < 1.29 is 4.79 Å². The average molecular weight is 340 g/mol. The second kappa shape index (κ2) is 8.09. The van der Waals surface area contributed by atoms with Crippen molar-refractivity contribution in [2.45, 2.75) is 13.8 Å². The molecule has 0 bridgehead atoms. The quantitative estimate of drug-likeness (QED) is 0.823. The van der Waals surface area contributed by atoms with Crippen molar-refractivity contribution >= 4 is 30.3 Å². The number of hydrogen-bond donors (Lipinski definition) is 1. The molecule has 0 aliphatic carbocycles. The van der Waals surface area contributed by atoms with Crippen molar-refractivity contribution in [3.05, 3.63) is 81.9 Å². The predicted octanol–water partition coefficient (Wildman–Crippen LogP) is 4.36. The smallest absolute Gasteiger partial charge is 0.187 e. The van der Waals surface area contributed by atoms with Crippen LogP contribution in [0, 0.1) is 13.8 Å². The fraction of sp³-hybridized carbons (Fsp3) is 0.190. The second-order valence-corrected chi connectivity index (χ2v) is 6.09. The van der Waals surface area contributed by atoms with E-state index in [1.54, 1.807) is 0 Å². The van der Waals surface area contributed by atoms with Gasteiger partial charge in [0.15, 0.2) is 5.78 Å². The zero-order valence-corrected chi connectivity index (χ0v) is 14.8. The number of aryl methyl sites for hydroxylation is 2. The summed E-state index contributed by atoms with van der Waals surface area (Å²) in [4.78, 5) is 12.7. The molecule has 0 radical (unpaired) electrons. The number of hydrogen-bond acceptors (Lipinski definition) is 2. The van der Waals surface area contributed by atoms with Gasteiger partial charge in [-0.05, 0) is 37.1 Å². The SMILES string of the molecule is Cc1ccc(/C=C2/CNC/C(=C/c3ccc(C)cc3)C2=O)cc1.Cl. The minimum Gasteiger partial charge on any atom is -0.308 e. The number of nitrogens with one attached hydrogen (secondary N) is 1. The first-order valence-electron chi connectivity index (χ1n) is 7.92. The van der Waals surface area contributed by atoms with E-state index in [0.717, 1.165) is 22.3 Å². The lowest BCUT2D eigenvalue weighted by Crippen LogP contribution is -2.32. The number of carbonyl (C=O) groups is 1. The van der Waals surface area contributed by atoms with Gasteiger partial charge in [-0.3, -0.25) is 4.79 Å². The van der Waals surface area contributed by atoms with Crippen molar-refractivity contribution in [2.75, 3.05) is 13.1 Å². The van der Waals surface area contributed by atoms with E-state index in [1.807, 2.05) is 36.4 Å². The Labute approximate surface area is 149 Å². The second-order valence-electron chi connectivity index (χ2n) is 6.09. The van der Waals surface area contributed by atoms with Crippen molar-refractivity contribution in [2.24, 2.45) is 0 Å². The number of benzene rings is 2. The zero-order valence-electron chi connectivity index (χ0n) is 14.0. The van der Waals surface area contributed by atoms with Crippen LogP contribution in [0.4, 0.5) is 0 Å². The molecular weight excluding hydrogens is 318 g/mol. The maximum Gasteiger partial charge on any atom is 0.187 e. The molecule has 1 heterocycles. The summed E-state index contributed by atoms with van der Waals surface area (Å²) in [7, 11) is 0. The van der Waals surface area contributed by atoms with Gasteiger partial charge in [0.25, 0.3) is 0 Å². The molecule has 124 valence electrons. The van der Waals surface area contributed by atoms with Gasteiger partial charge >= 0.3 is 0 Å². The first-order valence-corrected chi connectivity index (χ1v) is 7.92. The minimum atomic E-state index is 0. The van der Waals surface area contributed by atoms with Crippen molar-refractivity contribution in [1.29, 1.82) is 0 Å². The lowest BCUT2D eigenvalue weighted by Gasteiger charge is -2.18. The summed E-state index contributed by atoms with van der Waals surface area (Å²) in [6, 6.07) is 16.5. The molecule has 3 heteroatoms. The third-order valence-electron chi connectivity index (χ3n) is 4.05. The van der Waals surface area contributed by atoms with Gasteiger partial charge in [0.2, 0.25) is 0 Å². The first-order chi connectivity index (χ1) is 11.1. The normalized spacial score (nSPS) is 17.8. The van der Waals surface area contributed by atoms with Crippen LogP contribution in [-0.2, 0) is 4.79 Å². The molecule has 0 amide bonds. The Morgan fingerprint density at radius 1 is 0.750 bits per heavy atom. The van der Waals surface area contributed by atoms with E-state index in [1.165, 1.54) is 11.1 Å². The van der Waals surface area contributed by atoms with E-state index < -0.39 is 0 Å². The predicted molar refractivity (Wildman–Crippen MR) is 103 cm³/mol. The summed E-state index contributed by atoms with van der Waals surface area (Å²) in [5.41, 5.74) is 6.21. The van der Waals surface area contributed by atoms with Crippen molar-refractivity contribution in [1.82, 2.24) is 5.32 Å². The van der Waals surface area contributed by atoms with E-state index in [4.69, 9.17) is 0 Å². The standard InChI is InChI=1S/C21H21NO.ClH/c1-15-3-7-17(8-4-15)11-19-13-22-14-20(21(19)23)12-18-9-5-16(2)6-10-18;/h3-12,22H,13-14H2,1-2H3;1H/b19-11-,20-12-;. The third kappa shape index (κ3) is 4.44. The topological polar surface area (TPSA) is 29.1 Å². The summed E-state index contributed by atoms with van der Waals surface area (Å²) >= 11 is 0. The summed E-state index contributed by atoms with van der Waals surface area (Å²) in [6.07, 6.45) is 3.97. The molecule has 1 fully saturated rings. The highest BCUT2D eigenvalue weighted by atomic mass is 35.5. The number of rotatable bonds is 2. The highest BCUT2D eigenvalue weighted by Crippen LogP contribution is 2.18. The van der Waals surface area contributed by atoms with Gasteiger partial charge in [-0.25, -0.2) is 0 Å². The molecule has 1 saturated heterocycles. The largest absolute Gasteiger partial charge is 0.308 e. The van der Waals surface area contributed by atoms with Gasteiger partial charge in [0.05, 0.1) is 0 Å². The third-order valence-corrected chi connectivity index (χ3v) is 4.05. The molecule has 1 N–H and O–H groups in total. The maximum atomic E-state index is 12.7. The Bertz CT molecular complexity index is 705. The van der Waals surface area contributed by atoms with Crippen LogP contribution in [0.1, 0.15) is 22.3 Å². The zero-order chi connectivity index (χ0) is 16.2. The highest BCUT2D eigenvalue weighted by Gasteiger charge is 2.19. The van der Waals surface area contributed by atoms with Gasteiger partial charge in [-0.2, -0.15) is 0 Å². The highest BCUT2D eigenvalue weighted by molar-refractivity contribution is 6.14. The summed E-state index contributed by atoms with van der Waals surface area (Å²) < 4.78 is 0. The molecule has 24 heavy (non-hydrogen) atoms. The van der Waals surface area contributed by atoms with Gasteiger partial charge in [-0.15, -0.1) is 12.4 Å². The van der Waals surface area contributed by atoms with Crippen molar-refractivity contribution in [3.8, 4) is 0 Å². The van der Waals surface area contributed by atoms with Crippen molar-refractivity contribution in [3.63, 3.8) is 0 Å². The van der Waals surface area contributed by atoms with E-state index in [9.17, 15) is 4.79 Å². The molecule has 0 saturated carbocycles. The summed E-state index contributed by atoms with van der Waals surface area (Å²) in [5.74, 6) is 0.143. The molecule has 2 aromatic rings. The van der Waals surface area contributed by atoms with Gasteiger partial charge < -0.3 is 5.32 Å².